The highest BCUT2D eigenvalue weighted by molar-refractivity contribution is 6.30. The van der Waals surface area contributed by atoms with Gasteiger partial charge in [-0.2, -0.15) is 0 Å². The van der Waals surface area contributed by atoms with Gasteiger partial charge in [0.25, 0.3) is 0 Å². The molecule has 0 saturated carbocycles. The van der Waals surface area contributed by atoms with E-state index in [2.05, 4.69) is 13.8 Å². The Morgan fingerprint density at radius 1 is 1.29 bits per heavy atom. The van der Waals surface area contributed by atoms with Gasteiger partial charge in [0.2, 0.25) is 0 Å². The number of hydrogen-bond acceptors (Lipinski definition) is 1. The average molecular weight is 249 g/mol. The van der Waals surface area contributed by atoms with E-state index in [1.165, 1.54) is 11.1 Å². The van der Waals surface area contributed by atoms with Crippen molar-refractivity contribution in [1.29, 1.82) is 0 Å². The van der Waals surface area contributed by atoms with Crippen LogP contribution in [0.25, 0.3) is 0 Å². The van der Waals surface area contributed by atoms with Gasteiger partial charge in [-0.25, -0.2) is 0 Å². The van der Waals surface area contributed by atoms with Crippen LogP contribution in [0, 0.1) is 5.41 Å². The molecule has 2 rings (SSSR count). The quantitative estimate of drug-likeness (QED) is 0.733. The Bertz CT molecular complexity index is 454. The van der Waals surface area contributed by atoms with E-state index in [1.807, 2.05) is 24.3 Å². The van der Waals surface area contributed by atoms with E-state index in [0.29, 0.717) is 0 Å². The first kappa shape index (κ1) is 12.4. The van der Waals surface area contributed by atoms with Crippen LogP contribution in [-0.2, 0) is 11.2 Å². The van der Waals surface area contributed by atoms with Crippen molar-refractivity contribution in [2.24, 2.45) is 5.41 Å². The summed E-state index contributed by atoms with van der Waals surface area (Å²) in [5.74, 6) is 0. The number of carbonyl (C=O) groups excluding carboxylic acids is 1. The van der Waals surface area contributed by atoms with Crippen LogP contribution in [0.2, 0.25) is 5.02 Å². The average Bonchev–Trinajstić information content (AvgIpc) is 2.57. The molecule has 90 valence electrons. The van der Waals surface area contributed by atoms with Gasteiger partial charge in [-0.3, -0.25) is 4.79 Å². The van der Waals surface area contributed by atoms with Crippen LogP contribution in [-0.4, -0.2) is 6.29 Å². The van der Waals surface area contributed by atoms with E-state index in [9.17, 15) is 4.79 Å². The minimum absolute atomic E-state index is 0.0451. The molecule has 0 atom stereocenters. The number of benzene rings is 1. The van der Waals surface area contributed by atoms with Crippen molar-refractivity contribution < 1.29 is 4.79 Å². The molecule has 0 aromatic heterocycles. The van der Waals surface area contributed by atoms with Gasteiger partial charge in [-0.15, -0.1) is 0 Å². The second kappa shape index (κ2) is 4.66. The van der Waals surface area contributed by atoms with Crippen LogP contribution >= 0.6 is 11.6 Å². The monoisotopic (exact) mass is 248 g/mol. The highest BCUT2D eigenvalue weighted by atomic mass is 35.5. The van der Waals surface area contributed by atoms with Crippen molar-refractivity contribution in [3.8, 4) is 0 Å². The van der Waals surface area contributed by atoms with E-state index in [1.54, 1.807) is 0 Å². The van der Waals surface area contributed by atoms with Gasteiger partial charge >= 0.3 is 0 Å². The van der Waals surface area contributed by atoms with Crippen LogP contribution < -0.4 is 0 Å². The molecule has 0 heterocycles. The topological polar surface area (TPSA) is 17.1 Å². The molecule has 1 nitrogen and oxygen atoms in total. The lowest BCUT2D eigenvalue weighted by molar-refractivity contribution is -0.105. The van der Waals surface area contributed by atoms with Crippen molar-refractivity contribution in [2.45, 2.75) is 33.1 Å². The molecular formula is C15H17ClO. The van der Waals surface area contributed by atoms with Gasteiger partial charge in [0.15, 0.2) is 0 Å². The number of halogens is 1. The Balaban J connectivity index is 2.24. The third kappa shape index (κ3) is 2.61. The van der Waals surface area contributed by atoms with Crippen molar-refractivity contribution in [3.05, 3.63) is 46.0 Å². The summed E-state index contributed by atoms with van der Waals surface area (Å²) in [5.41, 5.74) is 3.55. The molecule has 1 aromatic rings. The Labute approximate surface area is 107 Å². The normalized spacial score (nSPS) is 18.5. The first-order valence-electron chi connectivity index (χ1n) is 5.95. The van der Waals surface area contributed by atoms with Gasteiger partial charge in [0.05, 0.1) is 0 Å². The summed E-state index contributed by atoms with van der Waals surface area (Å²) in [4.78, 5) is 11.2. The summed E-state index contributed by atoms with van der Waals surface area (Å²) in [7, 11) is 0. The molecule has 2 heteroatoms. The van der Waals surface area contributed by atoms with Gasteiger partial charge in [0.1, 0.15) is 6.29 Å². The molecular weight excluding hydrogens is 232 g/mol. The summed E-state index contributed by atoms with van der Waals surface area (Å²) in [6.45, 7) is 4.29. The highest BCUT2D eigenvalue weighted by Gasteiger charge is 2.31. The molecule has 1 aliphatic carbocycles. The van der Waals surface area contributed by atoms with Gasteiger partial charge < -0.3 is 0 Å². The van der Waals surface area contributed by atoms with Crippen LogP contribution in [0.4, 0.5) is 0 Å². The zero-order valence-corrected chi connectivity index (χ0v) is 11.1. The van der Waals surface area contributed by atoms with Crippen LogP contribution in [0.15, 0.2) is 35.4 Å². The molecule has 0 fully saturated rings. The fourth-order valence-electron chi connectivity index (χ4n) is 2.49. The van der Waals surface area contributed by atoms with Crippen molar-refractivity contribution in [2.75, 3.05) is 0 Å². The number of rotatable bonds is 3. The molecule has 0 spiro atoms. The Kier molecular flexibility index (Phi) is 3.39. The summed E-state index contributed by atoms with van der Waals surface area (Å²) in [5, 5.41) is 0.755. The maximum atomic E-state index is 11.2. The number of aldehydes is 1. The zero-order chi connectivity index (χ0) is 12.5. The van der Waals surface area contributed by atoms with Crippen LogP contribution in [0.5, 0.6) is 0 Å². The molecule has 1 aliphatic rings. The summed E-state index contributed by atoms with van der Waals surface area (Å²) in [6.07, 6.45) is 4.01. The summed E-state index contributed by atoms with van der Waals surface area (Å²) >= 11 is 5.86. The Morgan fingerprint density at radius 3 is 2.53 bits per heavy atom. The molecule has 0 unspecified atom stereocenters. The van der Waals surface area contributed by atoms with E-state index < -0.39 is 0 Å². The number of allylic oxidation sites excluding steroid dienone is 2. The van der Waals surface area contributed by atoms with Crippen molar-refractivity contribution in [1.82, 2.24) is 0 Å². The fraction of sp³-hybridized carbons (Fsp3) is 0.400. The Morgan fingerprint density at radius 2 is 1.94 bits per heavy atom. The maximum Gasteiger partial charge on any atom is 0.146 e. The van der Waals surface area contributed by atoms with E-state index in [4.69, 9.17) is 11.6 Å². The van der Waals surface area contributed by atoms with Gasteiger partial charge in [-0.05, 0) is 47.9 Å². The minimum atomic E-state index is 0.0451. The summed E-state index contributed by atoms with van der Waals surface area (Å²) < 4.78 is 0. The minimum Gasteiger partial charge on any atom is -0.298 e. The fourth-order valence-corrected chi connectivity index (χ4v) is 2.61. The van der Waals surface area contributed by atoms with E-state index in [0.717, 1.165) is 36.1 Å². The zero-order valence-electron chi connectivity index (χ0n) is 10.3. The molecule has 0 saturated heterocycles. The molecule has 0 aliphatic heterocycles. The lowest BCUT2D eigenvalue weighted by atomic mass is 9.86. The Hall–Kier alpha value is -1.08. The molecule has 1 aromatic carbocycles. The molecule has 0 radical (unpaired) electrons. The summed E-state index contributed by atoms with van der Waals surface area (Å²) in [6, 6.07) is 7.86. The second-order valence-electron chi connectivity index (χ2n) is 5.32. The van der Waals surface area contributed by atoms with E-state index >= 15 is 0 Å². The molecule has 0 amide bonds. The van der Waals surface area contributed by atoms with Crippen LogP contribution in [0.3, 0.4) is 0 Å². The molecule has 0 N–H and O–H groups in total. The van der Waals surface area contributed by atoms with Crippen molar-refractivity contribution in [3.63, 3.8) is 0 Å². The largest absolute Gasteiger partial charge is 0.298 e. The maximum absolute atomic E-state index is 11.2. The van der Waals surface area contributed by atoms with Crippen LogP contribution in [0.1, 0.15) is 32.3 Å². The first-order valence-corrected chi connectivity index (χ1v) is 6.33. The van der Waals surface area contributed by atoms with E-state index in [-0.39, 0.29) is 5.41 Å². The highest BCUT2D eigenvalue weighted by Crippen LogP contribution is 2.42. The molecule has 17 heavy (non-hydrogen) atoms. The lowest BCUT2D eigenvalue weighted by Crippen LogP contribution is -2.11. The SMILES string of the molecule is CC1(C)CCC(Cc2ccc(Cl)cc2)=C1C=O. The van der Waals surface area contributed by atoms with Crippen molar-refractivity contribution >= 4 is 17.9 Å². The van der Waals surface area contributed by atoms with Gasteiger partial charge in [-0.1, -0.05) is 43.2 Å². The third-order valence-corrected chi connectivity index (χ3v) is 3.86. The number of hydrogen-bond donors (Lipinski definition) is 0. The predicted octanol–water partition coefficient (Wildman–Crippen LogP) is 4.20. The smallest absolute Gasteiger partial charge is 0.146 e. The standard InChI is InChI=1S/C15H17ClO/c1-15(2)8-7-12(14(15)10-17)9-11-3-5-13(16)6-4-11/h3-6,10H,7-9H2,1-2H3. The molecule has 0 bridgehead atoms. The third-order valence-electron chi connectivity index (χ3n) is 3.61. The predicted molar refractivity (Wildman–Crippen MR) is 71.3 cm³/mol. The lowest BCUT2D eigenvalue weighted by Gasteiger charge is -2.18. The van der Waals surface area contributed by atoms with Gasteiger partial charge in [0, 0.05) is 5.02 Å². The second-order valence-corrected chi connectivity index (χ2v) is 5.76. The first-order chi connectivity index (χ1) is 8.03. The number of carbonyl (C=O) groups is 1.